The number of amidine groups is 1. The molecule has 3 N–H and O–H groups in total. The first kappa shape index (κ1) is 8.86. The smallest absolute Gasteiger partial charge is 0.262 e. The molecule has 0 aromatic heterocycles. The summed E-state index contributed by atoms with van der Waals surface area (Å²) in [4.78, 5) is 26.0. The highest BCUT2D eigenvalue weighted by Crippen LogP contribution is 2.19. The van der Waals surface area contributed by atoms with Gasteiger partial charge in [-0.2, -0.15) is 4.99 Å². The minimum absolute atomic E-state index is 0.0769. The SMILES string of the molecule is CC1(C)C(=O)N=C(CN)NC1=O. The average molecular weight is 169 g/mol. The van der Waals surface area contributed by atoms with E-state index in [4.69, 9.17) is 5.73 Å². The molecule has 1 aliphatic heterocycles. The Kier molecular flexibility index (Phi) is 1.97. The summed E-state index contributed by atoms with van der Waals surface area (Å²) < 4.78 is 0. The van der Waals surface area contributed by atoms with Crippen molar-refractivity contribution in [3.63, 3.8) is 0 Å². The standard InChI is InChI=1S/C7H11N3O2/c1-7(2)5(11)9-4(3-8)10-6(7)12/h3,8H2,1-2H3,(H,9,10,11,12). The summed E-state index contributed by atoms with van der Waals surface area (Å²) in [5.41, 5.74) is 4.16. The topological polar surface area (TPSA) is 84.6 Å². The maximum Gasteiger partial charge on any atom is 0.262 e. The van der Waals surface area contributed by atoms with E-state index in [-0.39, 0.29) is 18.3 Å². The quantitative estimate of drug-likeness (QED) is 0.495. The fourth-order valence-corrected chi connectivity index (χ4v) is 0.771. The predicted molar refractivity (Wildman–Crippen MR) is 43.4 cm³/mol. The van der Waals surface area contributed by atoms with Gasteiger partial charge in [0.15, 0.2) is 0 Å². The van der Waals surface area contributed by atoms with Crippen molar-refractivity contribution in [3.05, 3.63) is 0 Å². The molecule has 0 aliphatic carbocycles. The minimum atomic E-state index is -1.06. The van der Waals surface area contributed by atoms with Gasteiger partial charge in [-0.25, -0.2) is 0 Å². The fraction of sp³-hybridized carbons (Fsp3) is 0.571. The van der Waals surface area contributed by atoms with Crippen molar-refractivity contribution < 1.29 is 9.59 Å². The zero-order valence-electron chi connectivity index (χ0n) is 7.05. The van der Waals surface area contributed by atoms with Crippen LogP contribution in [0.15, 0.2) is 4.99 Å². The molecule has 2 amide bonds. The Morgan fingerprint density at radius 1 is 1.50 bits per heavy atom. The van der Waals surface area contributed by atoms with E-state index < -0.39 is 11.3 Å². The Bertz CT molecular complexity index is 268. The van der Waals surface area contributed by atoms with E-state index in [0.717, 1.165) is 0 Å². The first-order valence-electron chi connectivity index (χ1n) is 3.62. The van der Waals surface area contributed by atoms with E-state index in [2.05, 4.69) is 10.3 Å². The van der Waals surface area contributed by atoms with E-state index in [1.807, 2.05) is 0 Å². The summed E-state index contributed by atoms with van der Waals surface area (Å²) in [5.74, 6) is -0.543. The number of hydrogen-bond acceptors (Lipinski definition) is 3. The van der Waals surface area contributed by atoms with Crippen LogP contribution in [0.1, 0.15) is 13.8 Å². The number of nitrogens with zero attached hydrogens (tertiary/aromatic N) is 1. The van der Waals surface area contributed by atoms with Gasteiger partial charge >= 0.3 is 0 Å². The number of carbonyl (C=O) groups is 2. The predicted octanol–water partition coefficient (Wildman–Crippen LogP) is -0.974. The lowest BCUT2D eigenvalue weighted by Gasteiger charge is -2.24. The number of hydrogen-bond donors (Lipinski definition) is 2. The second-order valence-electron chi connectivity index (χ2n) is 3.15. The van der Waals surface area contributed by atoms with Crippen LogP contribution < -0.4 is 11.1 Å². The lowest BCUT2D eigenvalue weighted by molar-refractivity contribution is -0.139. The Morgan fingerprint density at radius 2 is 2.08 bits per heavy atom. The minimum Gasteiger partial charge on any atom is -0.324 e. The van der Waals surface area contributed by atoms with Crippen LogP contribution in [-0.2, 0) is 9.59 Å². The Morgan fingerprint density at radius 3 is 2.50 bits per heavy atom. The molecule has 66 valence electrons. The van der Waals surface area contributed by atoms with Crippen LogP contribution in [0.4, 0.5) is 0 Å². The summed E-state index contributed by atoms with van der Waals surface area (Å²) in [6.45, 7) is 3.14. The van der Waals surface area contributed by atoms with Crippen molar-refractivity contribution in [2.45, 2.75) is 13.8 Å². The summed E-state index contributed by atoms with van der Waals surface area (Å²) >= 11 is 0. The van der Waals surface area contributed by atoms with Crippen LogP contribution in [0.25, 0.3) is 0 Å². The van der Waals surface area contributed by atoms with Crippen LogP contribution in [0, 0.1) is 5.41 Å². The Balaban J connectivity index is 3.00. The van der Waals surface area contributed by atoms with Gasteiger partial charge in [-0.05, 0) is 13.8 Å². The van der Waals surface area contributed by atoms with Gasteiger partial charge in [0.2, 0.25) is 5.91 Å². The molecule has 0 bridgehead atoms. The fourth-order valence-electron chi connectivity index (χ4n) is 0.771. The molecular formula is C7H11N3O2. The van der Waals surface area contributed by atoms with E-state index in [0.29, 0.717) is 0 Å². The van der Waals surface area contributed by atoms with Gasteiger partial charge in [0.05, 0.1) is 6.54 Å². The van der Waals surface area contributed by atoms with Crippen LogP contribution in [0.5, 0.6) is 0 Å². The first-order valence-corrected chi connectivity index (χ1v) is 3.62. The lowest BCUT2D eigenvalue weighted by Crippen LogP contribution is -2.51. The normalized spacial score (nSPS) is 21.8. The molecule has 0 fully saturated rings. The third-order valence-corrected chi connectivity index (χ3v) is 1.79. The molecule has 0 saturated carbocycles. The molecule has 0 atom stereocenters. The van der Waals surface area contributed by atoms with Crippen LogP contribution >= 0.6 is 0 Å². The molecule has 0 radical (unpaired) electrons. The van der Waals surface area contributed by atoms with Crippen molar-refractivity contribution in [1.29, 1.82) is 0 Å². The van der Waals surface area contributed by atoms with Gasteiger partial charge < -0.3 is 11.1 Å². The summed E-state index contributed by atoms with van der Waals surface area (Å²) in [6, 6.07) is 0. The molecule has 0 unspecified atom stereocenters. The Hall–Kier alpha value is -1.23. The number of nitrogens with two attached hydrogens (primary N) is 1. The lowest BCUT2D eigenvalue weighted by atomic mass is 9.90. The van der Waals surface area contributed by atoms with Crippen LogP contribution in [-0.4, -0.2) is 24.2 Å². The second-order valence-corrected chi connectivity index (χ2v) is 3.15. The van der Waals surface area contributed by atoms with Gasteiger partial charge in [0, 0.05) is 0 Å². The molecular weight excluding hydrogens is 158 g/mol. The molecule has 5 heteroatoms. The molecule has 1 rings (SSSR count). The van der Waals surface area contributed by atoms with E-state index in [9.17, 15) is 9.59 Å². The monoisotopic (exact) mass is 169 g/mol. The highest BCUT2D eigenvalue weighted by atomic mass is 16.2. The molecule has 0 aromatic rings. The van der Waals surface area contributed by atoms with Crippen LogP contribution in [0.2, 0.25) is 0 Å². The van der Waals surface area contributed by atoms with Gasteiger partial charge in [0.25, 0.3) is 5.91 Å². The van der Waals surface area contributed by atoms with Crippen molar-refractivity contribution in [2.24, 2.45) is 16.1 Å². The molecule has 1 aliphatic rings. The summed E-state index contributed by atoms with van der Waals surface area (Å²) in [7, 11) is 0. The largest absolute Gasteiger partial charge is 0.324 e. The first-order chi connectivity index (χ1) is 5.48. The zero-order valence-corrected chi connectivity index (χ0v) is 7.05. The van der Waals surface area contributed by atoms with Gasteiger partial charge in [-0.15, -0.1) is 0 Å². The van der Waals surface area contributed by atoms with Crippen molar-refractivity contribution >= 4 is 17.6 Å². The molecule has 12 heavy (non-hydrogen) atoms. The third-order valence-electron chi connectivity index (χ3n) is 1.79. The van der Waals surface area contributed by atoms with Crippen LogP contribution in [0.3, 0.4) is 0 Å². The maximum atomic E-state index is 11.2. The highest BCUT2D eigenvalue weighted by Gasteiger charge is 2.39. The number of aliphatic imine (C=N–C) groups is 1. The molecule has 5 nitrogen and oxygen atoms in total. The Labute approximate surface area is 70.0 Å². The molecule has 1 heterocycles. The highest BCUT2D eigenvalue weighted by molar-refractivity contribution is 6.18. The summed E-state index contributed by atoms with van der Waals surface area (Å²) in [6.07, 6.45) is 0. The van der Waals surface area contributed by atoms with E-state index in [1.165, 1.54) is 13.8 Å². The van der Waals surface area contributed by atoms with Gasteiger partial charge in [0.1, 0.15) is 11.3 Å². The maximum absolute atomic E-state index is 11.2. The number of carbonyl (C=O) groups excluding carboxylic acids is 2. The van der Waals surface area contributed by atoms with Gasteiger partial charge in [-0.1, -0.05) is 0 Å². The average Bonchev–Trinajstić information content (AvgIpc) is 2.00. The van der Waals surface area contributed by atoms with E-state index >= 15 is 0 Å². The zero-order chi connectivity index (χ0) is 9.35. The van der Waals surface area contributed by atoms with Crippen molar-refractivity contribution in [1.82, 2.24) is 5.32 Å². The van der Waals surface area contributed by atoms with Gasteiger partial charge in [-0.3, -0.25) is 9.59 Å². The van der Waals surface area contributed by atoms with Crippen molar-refractivity contribution in [2.75, 3.05) is 6.54 Å². The molecule has 0 spiro atoms. The number of nitrogens with one attached hydrogen (secondary N) is 1. The van der Waals surface area contributed by atoms with Crippen molar-refractivity contribution in [3.8, 4) is 0 Å². The number of rotatable bonds is 1. The third kappa shape index (κ3) is 1.23. The summed E-state index contributed by atoms with van der Waals surface area (Å²) in [5, 5.41) is 2.45. The second kappa shape index (κ2) is 2.67. The molecule has 0 aromatic carbocycles. The number of amides is 2. The van der Waals surface area contributed by atoms with E-state index in [1.54, 1.807) is 0 Å². The molecule has 0 saturated heterocycles.